The van der Waals surface area contributed by atoms with Crippen molar-refractivity contribution in [2.24, 2.45) is 0 Å². The van der Waals surface area contributed by atoms with E-state index in [-0.39, 0.29) is 0 Å². The molecule has 2 aromatic rings. The second kappa shape index (κ2) is 4.94. The van der Waals surface area contributed by atoms with Crippen molar-refractivity contribution in [2.75, 3.05) is 5.73 Å². The number of hydrogen-bond acceptors (Lipinski definition) is 4. The van der Waals surface area contributed by atoms with Gasteiger partial charge in [-0.05, 0) is 43.8 Å². The zero-order valence-electron chi connectivity index (χ0n) is 9.57. The van der Waals surface area contributed by atoms with Crippen molar-refractivity contribution in [3.63, 3.8) is 0 Å². The number of anilines is 1. The molecule has 0 bridgehead atoms. The summed E-state index contributed by atoms with van der Waals surface area (Å²) in [5.74, 6) is 0. The average Bonchev–Trinajstić information content (AvgIpc) is 2.23. The maximum Gasteiger partial charge on any atom is 0.192 e. The van der Waals surface area contributed by atoms with E-state index in [9.17, 15) is 0 Å². The Bertz CT molecular complexity index is 537. The van der Waals surface area contributed by atoms with Gasteiger partial charge in [0.25, 0.3) is 0 Å². The lowest BCUT2D eigenvalue weighted by molar-refractivity contribution is 0.902. The fourth-order valence-corrected chi connectivity index (χ4v) is 2.62. The molecule has 0 saturated carbocycles. The Labute approximate surface area is 109 Å². The lowest BCUT2D eigenvalue weighted by atomic mass is 10.3. The third kappa shape index (κ3) is 2.90. The quantitative estimate of drug-likeness (QED) is 0.667. The van der Waals surface area contributed by atoms with Crippen LogP contribution in [0.25, 0.3) is 0 Å². The van der Waals surface area contributed by atoms with Crippen LogP contribution < -0.4 is 5.73 Å². The first kappa shape index (κ1) is 12.2. The zero-order valence-corrected chi connectivity index (χ0v) is 11.1. The molecule has 0 amide bonds. The first-order valence-corrected chi connectivity index (χ1v) is 6.30. The van der Waals surface area contributed by atoms with E-state index in [1.54, 1.807) is 6.07 Å². The van der Waals surface area contributed by atoms with Gasteiger partial charge in [0, 0.05) is 16.3 Å². The molecule has 0 aliphatic heterocycles. The highest BCUT2D eigenvalue weighted by atomic mass is 35.5. The molecule has 0 spiro atoms. The number of nitrogens with zero attached hydrogens (tertiary/aromatic N) is 2. The Morgan fingerprint density at radius 1 is 1.18 bits per heavy atom. The molecule has 0 atom stereocenters. The monoisotopic (exact) mass is 265 g/mol. The van der Waals surface area contributed by atoms with E-state index >= 15 is 0 Å². The lowest BCUT2D eigenvalue weighted by Gasteiger charge is -2.06. The van der Waals surface area contributed by atoms with E-state index in [0.717, 1.165) is 16.3 Å². The van der Waals surface area contributed by atoms with Crippen molar-refractivity contribution >= 4 is 29.1 Å². The molecule has 0 fully saturated rings. The van der Waals surface area contributed by atoms with Gasteiger partial charge in [0.2, 0.25) is 0 Å². The van der Waals surface area contributed by atoms with Gasteiger partial charge in [-0.1, -0.05) is 17.7 Å². The highest BCUT2D eigenvalue weighted by molar-refractivity contribution is 7.99. The summed E-state index contributed by atoms with van der Waals surface area (Å²) < 4.78 is 0. The molecule has 2 N–H and O–H groups in total. The van der Waals surface area contributed by atoms with Crippen LogP contribution in [-0.2, 0) is 0 Å². The standard InChI is InChI=1S/C12H12ClN3S/c1-7-6-8(2)16-12(15-7)17-10-5-3-4-9(13)11(10)14/h3-6H,14H2,1-2H3. The second-order valence-corrected chi connectivity index (χ2v) is 5.10. The predicted octanol–water partition coefficient (Wildman–Crippen LogP) is 3.48. The third-order valence-corrected chi connectivity index (χ3v) is 3.45. The van der Waals surface area contributed by atoms with E-state index in [2.05, 4.69) is 9.97 Å². The molecule has 0 unspecified atom stereocenters. The summed E-state index contributed by atoms with van der Waals surface area (Å²) in [6, 6.07) is 7.48. The van der Waals surface area contributed by atoms with Crippen LogP contribution in [0.4, 0.5) is 5.69 Å². The van der Waals surface area contributed by atoms with Crippen molar-refractivity contribution in [1.29, 1.82) is 0 Å². The summed E-state index contributed by atoms with van der Waals surface area (Å²) in [5, 5.41) is 1.25. The summed E-state index contributed by atoms with van der Waals surface area (Å²) >= 11 is 7.39. The van der Waals surface area contributed by atoms with Gasteiger partial charge in [-0.3, -0.25) is 0 Å². The van der Waals surface area contributed by atoms with Crippen molar-refractivity contribution < 1.29 is 0 Å². The zero-order chi connectivity index (χ0) is 12.4. The van der Waals surface area contributed by atoms with Gasteiger partial charge >= 0.3 is 0 Å². The number of benzene rings is 1. The summed E-state index contributed by atoms with van der Waals surface area (Å²) in [5.41, 5.74) is 8.36. The molecule has 0 aliphatic carbocycles. The molecular weight excluding hydrogens is 254 g/mol. The fourth-order valence-electron chi connectivity index (χ4n) is 1.44. The maximum atomic E-state index is 5.96. The van der Waals surface area contributed by atoms with E-state index in [1.807, 2.05) is 32.0 Å². The Kier molecular flexibility index (Phi) is 3.54. The van der Waals surface area contributed by atoms with Gasteiger partial charge in [0.05, 0.1) is 10.7 Å². The highest BCUT2D eigenvalue weighted by Gasteiger charge is 2.07. The Morgan fingerprint density at radius 3 is 2.47 bits per heavy atom. The topological polar surface area (TPSA) is 51.8 Å². The third-order valence-electron chi connectivity index (χ3n) is 2.18. The molecule has 0 aliphatic rings. The minimum Gasteiger partial charge on any atom is -0.397 e. The van der Waals surface area contributed by atoms with E-state index in [4.69, 9.17) is 17.3 Å². The lowest BCUT2D eigenvalue weighted by Crippen LogP contribution is -1.94. The number of nitrogens with two attached hydrogens (primary N) is 1. The van der Waals surface area contributed by atoms with Gasteiger partial charge in [0.15, 0.2) is 5.16 Å². The molecule has 88 valence electrons. The van der Waals surface area contributed by atoms with Crippen LogP contribution in [0.2, 0.25) is 5.02 Å². The first-order chi connectivity index (χ1) is 8.06. The smallest absolute Gasteiger partial charge is 0.192 e. The maximum absolute atomic E-state index is 5.96. The van der Waals surface area contributed by atoms with Crippen LogP contribution in [0.3, 0.4) is 0 Å². The molecule has 1 aromatic carbocycles. The molecular formula is C12H12ClN3S. The number of rotatable bonds is 2. The van der Waals surface area contributed by atoms with Crippen molar-refractivity contribution in [2.45, 2.75) is 23.9 Å². The molecule has 1 aromatic heterocycles. The molecule has 17 heavy (non-hydrogen) atoms. The van der Waals surface area contributed by atoms with Gasteiger partial charge in [-0.15, -0.1) is 0 Å². The van der Waals surface area contributed by atoms with Crippen LogP contribution in [0, 0.1) is 13.8 Å². The SMILES string of the molecule is Cc1cc(C)nc(Sc2cccc(Cl)c2N)n1. The minimum atomic E-state index is 0.555. The summed E-state index contributed by atoms with van der Waals surface area (Å²) in [6.07, 6.45) is 0. The van der Waals surface area contributed by atoms with Crippen LogP contribution in [0.1, 0.15) is 11.4 Å². The predicted molar refractivity (Wildman–Crippen MR) is 71.5 cm³/mol. The van der Waals surface area contributed by atoms with E-state index in [1.165, 1.54) is 11.8 Å². The van der Waals surface area contributed by atoms with Gasteiger partial charge < -0.3 is 5.73 Å². The Hall–Kier alpha value is -1.26. The Balaban J connectivity index is 2.34. The van der Waals surface area contributed by atoms with Crippen LogP contribution in [0.5, 0.6) is 0 Å². The normalized spacial score (nSPS) is 10.5. The summed E-state index contributed by atoms with van der Waals surface area (Å²) in [7, 11) is 0. The van der Waals surface area contributed by atoms with Crippen LogP contribution in [-0.4, -0.2) is 9.97 Å². The molecule has 5 heteroatoms. The number of halogens is 1. The molecule has 3 nitrogen and oxygen atoms in total. The molecule has 0 radical (unpaired) electrons. The summed E-state index contributed by atoms with van der Waals surface area (Å²) in [6.45, 7) is 3.89. The average molecular weight is 266 g/mol. The van der Waals surface area contributed by atoms with Gasteiger partial charge in [-0.25, -0.2) is 9.97 Å². The number of para-hydroxylation sites is 1. The minimum absolute atomic E-state index is 0.555. The highest BCUT2D eigenvalue weighted by Crippen LogP contribution is 2.33. The van der Waals surface area contributed by atoms with Crippen molar-refractivity contribution in [3.05, 3.63) is 40.7 Å². The first-order valence-electron chi connectivity index (χ1n) is 5.10. The second-order valence-electron chi connectivity index (χ2n) is 3.69. The van der Waals surface area contributed by atoms with E-state index < -0.39 is 0 Å². The van der Waals surface area contributed by atoms with Gasteiger partial charge in [0.1, 0.15) is 0 Å². The summed E-state index contributed by atoms with van der Waals surface area (Å²) in [4.78, 5) is 9.58. The number of hydrogen-bond donors (Lipinski definition) is 1. The number of aryl methyl sites for hydroxylation is 2. The van der Waals surface area contributed by atoms with Gasteiger partial charge in [-0.2, -0.15) is 0 Å². The van der Waals surface area contributed by atoms with Crippen LogP contribution >= 0.6 is 23.4 Å². The Morgan fingerprint density at radius 2 is 1.82 bits per heavy atom. The largest absolute Gasteiger partial charge is 0.397 e. The fraction of sp³-hybridized carbons (Fsp3) is 0.167. The number of aromatic nitrogens is 2. The molecule has 2 rings (SSSR count). The van der Waals surface area contributed by atoms with Crippen LogP contribution in [0.15, 0.2) is 34.3 Å². The van der Waals surface area contributed by atoms with E-state index in [0.29, 0.717) is 15.9 Å². The van der Waals surface area contributed by atoms with Crippen molar-refractivity contribution in [3.8, 4) is 0 Å². The molecule has 1 heterocycles. The molecule has 0 saturated heterocycles. The number of nitrogen functional groups attached to an aromatic ring is 1. The van der Waals surface area contributed by atoms with Crippen molar-refractivity contribution in [1.82, 2.24) is 9.97 Å².